The fraction of sp³-hybridized carbons (Fsp3) is 0.571. The van der Waals surface area contributed by atoms with Gasteiger partial charge in [-0.25, -0.2) is 19.6 Å². The first-order valence-electron chi connectivity index (χ1n) is 13.3. The number of ether oxygens (including phenoxy) is 5. The van der Waals surface area contributed by atoms with E-state index in [1.807, 2.05) is 36.7 Å². The van der Waals surface area contributed by atoms with Gasteiger partial charge in [0, 0.05) is 18.0 Å². The van der Waals surface area contributed by atoms with E-state index in [-0.39, 0.29) is 24.1 Å². The second-order valence-electron chi connectivity index (χ2n) is 9.35. The third-order valence-corrected chi connectivity index (χ3v) is 6.17. The first-order valence-corrected chi connectivity index (χ1v) is 13.3. The lowest BCUT2D eigenvalue weighted by molar-refractivity contribution is -0.146. The predicted octanol–water partition coefficient (Wildman–Crippen LogP) is 4.07. The summed E-state index contributed by atoms with van der Waals surface area (Å²) in [5, 5.41) is 0. The average molecular weight is 513 g/mol. The quantitative estimate of drug-likeness (QED) is 0.166. The SMILES string of the molecule is O=C(OCCCCCCCc1cnc(-c2ccc(OCCCCCOC(=O)C3CO3)cc2)nc1)C1CO1. The van der Waals surface area contributed by atoms with E-state index >= 15 is 0 Å². The molecule has 2 aliphatic rings. The zero-order valence-electron chi connectivity index (χ0n) is 21.3. The standard InChI is InChI=1S/C28H36N2O7/c31-27(24-19-36-24)34-15-6-3-1-2-5-9-21-17-29-26(30-18-21)22-10-12-23(13-11-22)33-14-7-4-8-16-35-28(32)25-20-37-25/h10-13,17-18,24-25H,1-9,14-16,19-20H2. The Balaban J connectivity index is 1.03. The summed E-state index contributed by atoms with van der Waals surface area (Å²) in [7, 11) is 0. The molecular weight excluding hydrogens is 476 g/mol. The highest BCUT2D eigenvalue weighted by Gasteiger charge is 2.33. The second kappa shape index (κ2) is 14.6. The molecule has 0 bridgehead atoms. The number of unbranched alkanes of at least 4 members (excludes halogenated alkanes) is 6. The maximum absolute atomic E-state index is 11.4. The summed E-state index contributed by atoms with van der Waals surface area (Å²) in [5.74, 6) is 1.04. The minimum absolute atomic E-state index is 0.225. The van der Waals surface area contributed by atoms with Gasteiger partial charge in [0.2, 0.25) is 0 Å². The maximum atomic E-state index is 11.4. The average Bonchev–Trinajstić information content (AvgIpc) is 3.83. The van der Waals surface area contributed by atoms with E-state index in [9.17, 15) is 9.59 Å². The molecule has 4 rings (SSSR count). The zero-order chi connectivity index (χ0) is 25.7. The molecular formula is C28H36N2O7. The molecule has 0 spiro atoms. The van der Waals surface area contributed by atoms with Gasteiger partial charge in [-0.1, -0.05) is 19.3 Å². The van der Waals surface area contributed by atoms with E-state index in [0.717, 1.165) is 74.7 Å². The fourth-order valence-electron chi connectivity index (χ4n) is 3.77. The highest BCUT2D eigenvalue weighted by Crippen LogP contribution is 2.20. The lowest BCUT2D eigenvalue weighted by atomic mass is 10.1. The molecule has 2 fully saturated rings. The van der Waals surface area contributed by atoms with Crippen LogP contribution in [0.15, 0.2) is 36.7 Å². The molecule has 37 heavy (non-hydrogen) atoms. The normalized spacial score (nSPS) is 17.7. The molecule has 1 aromatic carbocycles. The highest BCUT2D eigenvalue weighted by atomic mass is 16.6. The fourth-order valence-corrected chi connectivity index (χ4v) is 3.77. The summed E-state index contributed by atoms with van der Waals surface area (Å²) in [6.07, 6.45) is 12.1. The van der Waals surface area contributed by atoms with Crippen molar-refractivity contribution in [2.75, 3.05) is 33.0 Å². The maximum Gasteiger partial charge on any atom is 0.337 e. The molecule has 2 saturated heterocycles. The van der Waals surface area contributed by atoms with Crippen LogP contribution in [0.2, 0.25) is 0 Å². The van der Waals surface area contributed by atoms with Crippen molar-refractivity contribution in [1.82, 2.24) is 9.97 Å². The van der Waals surface area contributed by atoms with Crippen LogP contribution in [0.25, 0.3) is 11.4 Å². The van der Waals surface area contributed by atoms with Crippen molar-refractivity contribution in [3.63, 3.8) is 0 Å². The van der Waals surface area contributed by atoms with Gasteiger partial charge in [0.15, 0.2) is 18.0 Å². The van der Waals surface area contributed by atoms with Crippen molar-refractivity contribution >= 4 is 11.9 Å². The minimum Gasteiger partial charge on any atom is -0.494 e. The summed E-state index contributed by atoms with van der Waals surface area (Å²) in [4.78, 5) is 31.8. The lowest BCUT2D eigenvalue weighted by Crippen LogP contribution is -2.12. The molecule has 0 saturated carbocycles. The molecule has 0 amide bonds. The van der Waals surface area contributed by atoms with Crippen molar-refractivity contribution in [2.45, 2.75) is 70.0 Å². The van der Waals surface area contributed by atoms with Crippen molar-refractivity contribution < 1.29 is 33.3 Å². The molecule has 2 unspecified atom stereocenters. The molecule has 0 radical (unpaired) electrons. The molecule has 2 aliphatic heterocycles. The van der Waals surface area contributed by atoms with Crippen molar-refractivity contribution in [2.24, 2.45) is 0 Å². The van der Waals surface area contributed by atoms with Gasteiger partial charge in [0.05, 0.1) is 33.0 Å². The molecule has 1 aromatic heterocycles. The largest absolute Gasteiger partial charge is 0.494 e. The molecule has 2 aromatic rings. The van der Waals surface area contributed by atoms with Crippen LogP contribution in [0.5, 0.6) is 5.75 Å². The van der Waals surface area contributed by atoms with Crippen molar-refractivity contribution in [3.8, 4) is 17.1 Å². The first-order chi connectivity index (χ1) is 18.2. The Morgan fingerprint density at radius 2 is 1.24 bits per heavy atom. The van der Waals surface area contributed by atoms with Gasteiger partial charge in [-0.05, 0) is 68.4 Å². The first kappa shape index (κ1) is 27.0. The summed E-state index contributed by atoms with van der Waals surface area (Å²) >= 11 is 0. The number of rotatable bonds is 18. The number of aryl methyl sites for hydroxylation is 1. The van der Waals surface area contributed by atoms with Crippen LogP contribution in [0.4, 0.5) is 0 Å². The van der Waals surface area contributed by atoms with Crippen molar-refractivity contribution in [1.29, 1.82) is 0 Å². The van der Waals surface area contributed by atoms with Crippen molar-refractivity contribution in [3.05, 3.63) is 42.2 Å². The number of carbonyl (C=O) groups is 2. The van der Waals surface area contributed by atoms with Gasteiger partial charge in [0.25, 0.3) is 0 Å². The number of hydrogen-bond acceptors (Lipinski definition) is 9. The summed E-state index contributed by atoms with van der Waals surface area (Å²) in [6.45, 7) is 2.53. The summed E-state index contributed by atoms with van der Waals surface area (Å²) in [6, 6.07) is 7.81. The van der Waals surface area contributed by atoms with E-state index in [2.05, 4.69) is 9.97 Å². The van der Waals surface area contributed by atoms with Crippen LogP contribution in [-0.2, 0) is 35.0 Å². The Morgan fingerprint density at radius 3 is 1.84 bits per heavy atom. The minimum atomic E-state index is -0.324. The van der Waals surface area contributed by atoms with E-state index in [1.165, 1.54) is 0 Å². The molecule has 9 heteroatoms. The molecule has 9 nitrogen and oxygen atoms in total. The number of aromatic nitrogens is 2. The van der Waals surface area contributed by atoms with E-state index in [0.29, 0.717) is 38.9 Å². The predicted molar refractivity (Wildman–Crippen MR) is 135 cm³/mol. The Labute approximate surface area is 217 Å². The van der Waals surface area contributed by atoms with Gasteiger partial charge in [-0.15, -0.1) is 0 Å². The van der Waals surface area contributed by atoms with Gasteiger partial charge in [0.1, 0.15) is 5.75 Å². The Morgan fingerprint density at radius 1 is 0.730 bits per heavy atom. The van der Waals surface area contributed by atoms with E-state index < -0.39 is 0 Å². The van der Waals surface area contributed by atoms with E-state index in [1.54, 1.807) is 0 Å². The highest BCUT2D eigenvalue weighted by molar-refractivity contribution is 5.77. The Kier molecular flexibility index (Phi) is 10.7. The molecule has 2 atom stereocenters. The van der Waals surface area contributed by atoms with Crippen LogP contribution in [0.1, 0.15) is 56.9 Å². The van der Waals surface area contributed by atoms with Gasteiger partial charge in [-0.3, -0.25) is 0 Å². The van der Waals surface area contributed by atoms with Crippen LogP contribution in [0, 0.1) is 0 Å². The zero-order valence-corrected chi connectivity index (χ0v) is 21.3. The monoisotopic (exact) mass is 512 g/mol. The number of benzene rings is 1. The molecule has 0 aliphatic carbocycles. The van der Waals surface area contributed by atoms with Crippen LogP contribution >= 0.6 is 0 Å². The Bertz CT molecular complexity index is 973. The topological polar surface area (TPSA) is 113 Å². The van der Waals surface area contributed by atoms with Gasteiger partial charge >= 0.3 is 11.9 Å². The van der Waals surface area contributed by atoms with Gasteiger partial charge in [-0.2, -0.15) is 0 Å². The number of carbonyl (C=O) groups excluding carboxylic acids is 2. The molecule has 0 N–H and O–H groups in total. The van der Waals surface area contributed by atoms with E-state index in [4.69, 9.17) is 23.7 Å². The number of esters is 2. The Hall–Kier alpha value is -3.04. The number of hydrogen-bond donors (Lipinski definition) is 0. The number of epoxide rings is 2. The number of nitrogens with zero attached hydrogens (tertiary/aromatic N) is 2. The third kappa shape index (κ3) is 10.1. The third-order valence-electron chi connectivity index (χ3n) is 6.17. The molecule has 3 heterocycles. The van der Waals surface area contributed by atoms with Crippen LogP contribution in [-0.4, -0.2) is 67.1 Å². The second-order valence-corrected chi connectivity index (χ2v) is 9.35. The summed E-state index contributed by atoms with van der Waals surface area (Å²) < 4.78 is 25.8. The van der Waals surface area contributed by atoms with Crippen LogP contribution in [0.3, 0.4) is 0 Å². The van der Waals surface area contributed by atoms with Crippen LogP contribution < -0.4 is 4.74 Å². The van der Waals surface area contributed by atoms with Gasteiger partial charge < -0.3 is 23.7 Å². The lowest BCUT2D eigenvalue weighted by Gasteiger charge is -2.08. The summed E-state index contributed by atoms with van der Waals surface area (Å²) in [5.41, 5.74) is 2.09. The smallest absolute Gasteiger partial charge is 0.337 e. The molecule has 200 valence electrons.